The topological polar surface area (TPSA) is 68.3 Å². The van der Waals surface area contributed by atoms with Gasteiger partial charge < -0.3 is 10.1 Å². The third-order valence-electron chi connectivity index (χ3n) is 4.33. The van der Waals surface area contributed by atoms with Crippen molar-refractivity contribution in [3.63, 3.8) is 0 Å². The first kappa shape index (κ1) is 19.3. The molecule has 2 aromatic rings. The zero-order valence-corrected chi connectivity index (χ0v) is 18.6. The fourth-order valence-corrected chi connectivity index (χ4v) is 5.02. The van der Waals surface area contributed by atoms with E-state index in [1.54, 1.807) is 29.5 Å². The van der Waals surface area contributed by atoms with Crippen molar-refractivity contribution >= 4 is 60.8 Å². The lowest BCUT2D eigenvalue weighted by Gasteiger charge is -2.28. The van der Waals surface area contributed by atoms with E-state index in [0.29, 0.717) is 5.69 Å². The van der Waals surface area contributed by atoms with E-state index >= 15 is 0 Å². The van der Waals surface area contributed by atoms with Crippen LogP contribution in [0, 0.1) is 12.8 Å². The number of rotatable bonds is 3. The molecule has 8 heteroatoms. The normalized spacial score (nSPS) is 21.1. The number of hydrogen-bond acceptors (Lipinski definition) is 5. The zero-order valence-electron chi connectivity index (χ0n) is 14.6. The van der Waals surface area contributed by atoms with Crippen LogP contribution in [0.15, 0.2) is 62.4 Å². The monoisotopic (exact) mass is 520 g/mol. The fourth-order valence-electron chi connectivity index (χ4n) is 2.98. The molecule has 0 radical (unpaired) electrons. The Bertz CT molecular complexity index is 1050. The molecule has 2 unspecified atom stereocenters. The van der Waals surface area contributed by atoms with Gasteiger partial charge in [0.05, 0.1) is 10.7 Å². The molecule has 28 heavy (non-hydrogen) atoms. The first-order valence-corrected chi connectivity index (χ1v) is 10.9. The number of nitrogens with one attached hydrogen (secondary N) is 1. The number of esters is 1. The van der Waals surface area contributed by atoms with Crippen molar-refractivity contribution in [3.05, 3.63) is 67.4 Å². The summed E-state index contributed by atoms with van der Waals surface area (Å²) in [5.74, 6) is -2.00. The Balaban J connectivity index is 1.51. The summed E-state index contributed by atoms with van der Waals surface area (Å²) >= 11 is 8.40. The number of nitrogens with zero attached hydrogens (tertiary/aromatic N) is 1. The summed E-state index contributed by atoms with van der Waals surface area (Å²) in [4.78, 5) is 29.4. The van der Waals surface area contributed by atoms with E-state index in [4.69, 9.17) is 4.74 Å². The molecule has 2 atom stereocenters. The van der Waals surface area contributed by atoms with Crippen molar-refractivity contribution in [1.82, 2.24) is 4.98 Å². The van der Waals surface area contributed by atoms with Gasteiger partial charge in [-0.2, -0.15) is 0 Å². The van der Waals surface area contributed by atoms with Crippen LogP contribution >= 0.6 is 43.2 Å². The molecule has 1 N–H and O–H groups in total. The smallest absolute Gasteiger partial charge is 0.323 e. The highest BCUT2D eigenvalue weighted by Gasteiger charge is 2.37. The highest BCUT2D eigenvalue weighted by Crippen LogP contribution is 2.35. The number of anilines is 1. The van der Waals surface area contributed by atoms with Gasteiger partial charge in [0.1, 0.15) is 0 Å². The van der Waals surface area contributed by atoms with Crippen molar-refractivity contribution in [1.29, 1.82) is 0 Å². The zero-order chi connectivity index (χ0) is 19.8. The van der Waals surface area contributed by atoms with Gasteiger partial charge in [-0.3, -0.25) is 9.59 Å². The van der Waals surface area contributed by atoms with Crippen LogP contribution in [0.2, 0.25) is 0 Å². The predicted octanol–water partition coefficient (Wildman–Crippen LogP) is 5.10. The number of aromatic nitrogens is 1. The van der Waals surface area contributed by atoms with Crippen LogP contribution < -0.4 is 5.32 Å². The number of halogens is 2. The van der Waals surface area contributed by atoms with Gasteiger partial charge in [0.25, 0.3) is 0 Å². The molecule has 1 aromatic carbocycles. The summed E-state index contributed by atoms with van der Waals surface area (Å²) in [6.07, 6.45) is 4.81. The highest BCUT2D eigenvalue weighted by atomic mass is 79.9. The van der Waals surface area contributed by atoms with Gasteiger partial charge in [-0.1, -0.05) is 50.1 Å². The number of amides is 1. The largest absolute Gasteiger partial charge is 0.451 e. The number of carbonyl (C=O) groups is 2. The highest BCUT2D eigenvalue weighted by molar-refractivity contribution is 9.12. The summed E-state index contributed by atoms with van der Waals surface area (Å²) in [6.45, 7) is 1.96. The number of carbonyl (C=O) groups excluding carboxylic acids is 2. The molecule has 1 aliphatic carbocycles. The third kappa shape index (κ3) is 3.90. The molecular weight excluding hydrogens is 508 g/mol. The van der Waals surface area contributed by atoms with Crippen LogP contribution in [-0.2, 0) is 14.3 Å². The number of hydrogen-bond donors (Lipinski definition) is 1. The Morgan fingerprint density at radius 1 is 1.21 bits per heavy atom. The number of aryl methyl sites for hydroxylation is 1. The average molecular weight is 522 g/mol. The summed E-state index contributed by atoms with van der Waals surface area (Å²) < 4.78 is 7.02. The van der Waals surface area contributed by atoms with Gasteiger partial charge in [0.15, 0.2) is 12.0 Å². The van der Waals surface area contributed by atoms with E-state index in [-0.39, 0.29) is 0 Å². The van der Waals surface area contributed by atoms with Crippen molar-refractivity contribution in [2.24, 2.45) is 5.92 Å². The molecule has 0 fully saturated rings. The van der Waals surface area contributed by atoms with E-state index in [9.17, 15) is 9.59 Å². The first-order chi connectivity index (χ1) is 13.4. The minimum absolute atomic E-state index is 0.427. The maximum absolute atomic E-state index is 12.6. The minimum Gasteiger partial charge on any atom is -0.451 e. The average Bonchev–Trinajstić information content (AvgIpc) is 3.09. The second-order valence-corrected chi connectivity index (χ2v) is 9.23. The van der Waals surface area contributed by atoms with Crippen molar-refractivity contribution in [2.75, 3.05) is 5.32 Å². The number of ether oxygens (including phenoxy) is 1. The first-order valence-electron chi connectivity index (χ1n) is 8.40. The standard InChI is InChI=1S/C20H14Br2N2O3S/c1-10-23-17(9-28-10)11-2-4-14(5-3-11)24-19(25)15-7-12-6-13(21)8-16(22)18(12)27-20(15)26/h2-9,15,18H,1H3,(H,24,25). The Kier molecular flexibility index (Phi) is 5.35. The van der Waals surface area contributed by atoms with E-state index < -0.39 is 23.9 Å². The van der Waals surface area contributed by atoms with Crippen molar-refractivity contribution in [3.8, 4) is 11.3 Å². The van der Waals surface area contributed by atoms with E-state index in [2.05, 4.69) is 42.2 Å². The Hall–Kier alpha value is -2.03. The Morgan fingerprint density at radius 2 is 1.96 bits per heavy atom. The minimum atomic E-state index is -0.998. The molecule has 1 aromatic heterocycles. The van der Waals surface area contributed by atoms with Crippen LogP contribution in [0.3, 0.4) is 0 Å². The third-order valence-corrected chi connectivity index (χ3v) is 6.21. The molecule has 1 aliphatic heterocycles. The fraction of sp³-hybridized carbons (Fsp3) is 0.150. The van der Waals surface area contributed by atoms with Crippen LogP contribution in [0.1, 0.15) is 5.01 Å². The number of benzene rings is 1. The van der Waals surface area contributed by atoms with Gasteiger partial charge in [-0.05, 0) is 36.8 Å². The lowest BCUT2D eigenvalue weighted by Crippen LogP contribution is -2.37. The number of thiazole rings is 1. The van der Waals surface area contributed by atoms with Gasteiger partial charge in [-0.25, -0.2) is 4.98 Å². The Morgan fingerprint density at radius 3 is 2.64 bits per heavy atom. The lowest BCUT2D eigenvalue weighted by atomic mass is 9.95. The van der Waals surface area contributed by atoms with Crippen LogP contribution in [0.25, 0.3) is 11.3 Å². The van der Waals surface area contributed by atoms with Crippen LogP contribution in [0.4, 0.5) is 5.69 Å². The Labute approximate surface area is 182 Å². The molecule has 142 valence electrons. The maximum atomic E-state index is 12.6. The molecule has 0 saturated heterocycles. The van der Waals surface area contributed by atoms with Crippen molar-refractivity contribution in [2.45, 2.75) is 13.0 Å². The van der Waals surface area contributed by atoms with Gasteiger partial charge >= 0.3 is 5.97 Å². The molecule has 2 heterocycles. The van der Waals surface area contributed by atoms with Crippen LogP contribution in [0.5, 0.6) is 0 Å². The molecular formula is C20H14Br2N2O3S. The van der Waals surface area contributed by atoms with Crippen molar-refractivity contribution < 1.29 is 14.3 Å². The SMILES string of the molecule is Cc1nc(-c2ccc(NC(=O)C3C=C4C=C(Br)C=C(Br)C4OC3=O)cc2)cs1. The lowest BCUT2D eigenvalue weighted by molar-refractivity contribution is -0.152. The second kappa shape index (κ2) is 7.77. The van der Waals surface area contributed by atoms with E-state index in [1.807, 2.05) is 36.6 Å². The molecule has 5 nitrogen and oxygen atoms in total. The van der Waals surface area contributed by atoms with E-state index in [0.717, 1.165) is 30.8 Å². The molecule has 0 bridgehead atoms. The molecule has 4 rings (SSSR count). The van der Waals surface area contributed by atoms with Gasteiger partial charge in [0, 0.05) is 25.6 Å². The summed E-state index contributed by atoms with van der Waals surface area (Å²) in [5.41, 5.74) is 3.24. The molecule has 0 spiro atoms. The predicted molar refractivity (Wildman–Crippen MR) is 116 cm³/mol. The van der Waals surface area contributed by atoms with Gasteiger partial charge in [0.2, 0.25) is 5.91 Å². The second-order valence-electron chi connectivity index (χ2n) is 6.34. The summed E-state index contributed by atoms with van der Waals surface area (Å²) in [5, 5.41) is 5.77. The number of allylic oxidation sites excluding steroid dienone is 2. The quantitative estimate of drug-likeness (QED) is 0.451. The van der Waals surface area contributed by atoms with Gasteiger partial charge in [-0.15, -0.1) is 11.3 Å². The van der Waals surface area contributed by atoms with E-state index in [1.165, 1.54) is 0 Å². The maximum Gasteiger partial charge on any atom is 0.323 e. The molecule has 1 amide bonds. The molecule has 0 saturated carbocycles. The number of fused-ring (bicyclic) bond motifs is 1. The van der Waals surface area contributed by atoms with Crippen LogP contribution in [-0.4, -0.2) is 23.0 Å². The summed E-state index contributed by atoms with van der Waals surface area (Å²) in [6, 6.07) is 7.37. The molecule has 2 aliphatic rings. The summed E-state index contributed by atoms with van der Waals surface area (Å²) in [7, 11) is 0.